The Hall–Kier alpha value is -1.36. The van der Waals surface area contributed by atoms with Crippen LogP contribution >= 0.6 is 15.9 Å². The number of nitrogens with zero attached hydrogens (tertiary/aromatic N) is 2. The van der Waals surface area contributed by atoms with Crippen molar-refractivity contribution in [3.05, 3.63) is 46.2 Å². The van der Waals surface area contributed by atoms with Crippen LogP contribution in [0.4, 0.5) is 10.1 Å². The molecule has 1 aromatic heterocycles. The number of imidazole rings is 1. The number of aryl methyl sites for hydroxylation is 2. The maximum absolute atomic E-state index is 13.5. The van der Waals surface area contributed by atoms with Gasteiger partial charge in [-0.3, -0.25) is 0 Å². The third-order valence-electron chi connectivity index (χ3n) is 2.89. The lowest BCUT2D eigenvalue weighted by Gasteiger charge is -2.17. The molecule has 0 amide bonds. The van der Waals surface area contributed by atoms with Gasteiger partial charge in [-0.2, -0.15) is 0 Å². The summed E-state index contributed by atoms with van der Waals surface area (Å²) in [5, 5.41) is 3.28. The highest BCUT2D eigenvalue weighted by Gasteiger charge is 2.12. The van der Waals surface area contributed by atoms with Crippen LogP contribution in [0.3, 0.4) is 0 Å². The van der Waals surface area contributed by atoms with E-state index < -0.39 is 0 Å². The Morgan fingerprint density at radius 1 is 1.44 bits per heavy atom. The molecule has 18 heavy (non-hydrogen) atoms. The predicted molar refractivity (Wildman–Crippen MR) is 74.1 cm³/mol. The highest BCUT2D eigenvalue weighted by molar-refractivity contribution is 9.10. The molecule has 2 rings (SSSR count). The van der Waals surface area contributed by atoms with Crippen LogP contribution in [0.25, 0.3) is 0 Å². The number of hydrogen-bond donors (Lipinski definition) is 1. The van der Waals surface area contributed by atoms with Gasteiger partial charge in [-0.15, -0.1) is 0 Å². The van der Waals surface area contributed by atoms with Crippen molar-refractivity contribution in [3.8, 4) is 0 Å². The van der Waals surface area contributed by atoms with Gasteiger partial charge in [-0.25, -0.2) is 9.37 Å². The lowest BCUT2D eigenvalue weighted by atomic mass is 10.1. The van der Waals surface area contributed by atoms with E-state index in [1.165, 1.54) is 6.07 Å². The van der Waals surface area contributed by atoms with Gasteiger partial charge >= 0.3 is 0 Å². The Kier molecular flexibility index (Phi) is 3.71. The molecule has 2 aromatic rings. The highest BCUT2D eigenvalue weighted by atomic mass is 79.9. The smallest absolute Gasteiger partial charge is 0.139 e. The van der Waals surface area contributed by atoms with E-state index in [1.807, 2.05) is 31.7 Å². The molecule has 1 atom stereocenters. The van der Waals surface area contributed by atoms with Gasteiger partial charge in [0.25, 0.3) is 0 Å². The normalized spacial score (nSPS) is 12.5. The van der Waals surface area contributed by atoms with Crippen molar-refractivity contribution in [2.75, 3.05) is 5.32 Å². The fraction of sp³-hybridized carbons (Fsp3) is 0.308. The summed E-state index contributed by atoms with van der Waals surface area (Å²) in [5.41, 5.74) is 1.77. The van der Waals surface area contributed by atoms with Crippen molar-refractivity contribution in [2.45, 2.75) is 19.9 Å². The molecule has 1 aromatic carbocycles. The zero-order valence-electron chi connectivity index (χ0n) is 10.5. The molecule has 0 aliphatic rings. The summed E-state index contributed by atoms with van der Waals surface area (Å²) in [6.07, 6.45) is 3.64. The molecule has 0 bridgehead atoms. The van der Waals surface area contributed by atoms with Crippen LogP contribution in [-0.4, -0.2) is 9.55 Å². The first kappa shape index (κ1) is 13.1. The van der Waals surface area contributed by atoms with Crippen molar-refractivity contribution in [1.29, 1.82) is 0 Å². The maximum Gasteiger partial charge on any atom is 0.139 e. The Morgan fingerprint density at radius 2 is 2.17 bits per heavy atom. The molecule has 0 aliphatic carbocycles. The van der Waals surface area contributed by atoms with Crippen LogP contribution in [0.1, 0.15) is 24.4 Å². The fourth-order valence-electron chi connectivity index (χ4n) is 1.89. The number of hydrogen-bond acceptors (Lipinski definition) is 2. The molecule has 0 saturated carbocycles. The lowest BCUT2D eigenvalue weighted by Crippen LogP contribution is -2.12. The average molecular weight is 312 g/mol. The molecule has 0 fully saturated rings. The zero-order valence-corrected chi connectivity index (χ0v) is 12.1. The van der Waals surface area contributed by atoms with Gasteiger partial charge in [-0.1, -0.05) is 0 Å². The molecule has 96 valence electrons. The van der Waals surface area contributed by atoms with Gasteiger partial charge in [0.05, 0.1) is 10.5 Å². The Labute approximate surface area is 114 Å². The van der Waals surface area contributed by atoms with Crippen LogP contribution in [0.2, 0.25) is 0 Å². The zero-order chi connectivity index (χ0) is 13.3. The SMILES string of the molecule is Cc1cc(Br)c(F)cc1NC(C)c1nccn1C. The van der Waals surface area contributed by atoms with Gasteiger partial charge in [-0.05, 0) is 47.5 Å². The summed E-state index contributed by atoms with van der Waals surface area (Å²) < 4.78 is 16.0. The Morgan fingerprint density at radius 3 is 2.78 bits per heavy atom. The minimum atomic E-state index is -0.268. The van der Waals surface area contributed by atoms with E-state index in [-0.39, 0.29) is 11.9 Å². The number of halogens is 2. The van der Waals surface area contributed by atoms with Crippen molar-refractivity contribution in [1.82, 2.24) is 9.55 Å². The lowest BCUT2D eigenvalue weighted by molar-refractivity contribution is 0.620. The van der Waals surface area contributed by atoms with Crippen LogP contribution in [0.15, 0.2) is 29.0 Å². The van der Waals surface area contributed by atoms with E-state index in [4.69, 9.17) is 0 Å². The van der Waals surface area contributed by atoms with Gasteiger partial charge in [0.15, 0.2) is 0 Å². The van der Waals surface area contributed by atoms with Crippen LogP contribution in [0, 0.1) is 12.7 Å². The van der Waals surface area contributed by atoms with Gasteiger partial charge in [0.1, 0.15) is 11.6 Å². The Balaban J connectivity index is 2.24. The molecule has 0 spiro atoms. The molecule has 1 N–H and O–H groups in total. The van der Waals surface area contributed by atoms with Crippen LogP contribution < -0.4 is 5.32 Å². The first-order valence-electron chi connectivity index (χ1n) is 5.68. The van der Waals surface area contributed by atoms with Crippen LogP contribution in [-0.2, 0) is 7.05 Å². The summed E-state index contributed by atoms with van der Waals surface area (Å²) >= 11 is 3.18. The molecular weight excluding hydrogens is 297 g/mol. The van der Waals surface area contributed by atoms with E-state index in [2.05, 4.69) is 26.2 Å². The minimum Gasteiger partial charge on any atom is -0.375 e. The molecule has 5 heteroatoms. The third kappa shape index (κ3) is 2.56. The van der Waals surface area contributed by atoms with Gasteiger partial charge in [0.2, 0.25) is 0 Å². The van der Waals surface area contributed by atoms with E-state index in [1.54, 1.807) is 12.3 Å². The number of benzene rings is 1. The second kappa shape index (κ2) is 5.10. The number of nitrogens with one attached hydrogen (secondary N) is 1. The summed E-state index contributed by atoms with van der Waals surface area (Å²) in [4.78, 5) is 4.28. The predicted octanol–water partition coefficient (Wildman–Crippen LogP) is 3.80. The topological polar surface area (TPSA) is 29.9 Å². The number of rotatable bonds is 3. The fourth-order valence-corrected chi connectivity index (χ4v) is 2.35. The van der Waals surface area contributed by atoms with Gasteiger partial charge < -0.3 is 9.88 Å². The average Bonchev–Trinajstić information content (AvgIpc) is 2.72. The minimum absolute atomic E-state index is 0.0178. The molecule has 0 saturated heterocycles. The second-order valence-electron chi connectivity index (χ2n) is 4.34. The van der Waals surface area contributed by atoms with E-state index in [0.29, 0.717) is 4.47 Å². The quantitative estimate of drug-likeness (QED) is 0.934. The van der Waals surface area contributed by atoms with E-state index in [0.717, 1.165) is 17.1 Å². The molecule has 0 radical (unpaired) electrons. The van der Waals surface area contributed by atoms with E-state index in [9.17, 15) is 4.39 Å². The number of aromatic nitrogens is 2. The molecular formula is C13H15BrFN3. The Bertz CT molecular complexity index is 565. The summed E-state index contributed by atoms with van der Waals surface area (Å²) in [6.45, 7) is 3.94. The van der Waals surface area contributed by atoms with E-state index >= 15 is 0 Å². The van der Waals surface area contributed by atoms with Crippen LogP contribution in [0.5, 0.6) is 0 Å². The van der Waals surface area contributed by atoms with Crippen molar-refractivity contribution in [2.24, 2.45) is 7.05 Å². The second-order valence-corrected chi connectivity index (χ2v) is 5.20. The molecule has 3 nitrogen and oxygen atoms in total. The summed E-state index contributed by atoms with van der Waals surface area (Å²) in [7, 11) is 1.94. The van der Waals surface area contributed by atoms with Gasteiger partial charge in [0, 0.05) is 25.1 Å². The first-order valence-corrected chi connectivity index (χ1v) is 6.47. The standard InChI is InChI=1S/C13H15BrFN3/c1-8-6-10(14)11(15)7-12(8)17-9(2)13-16-4-5-18(13)3/h4-7,9,17H,1-3H3. The third-order valence-corrected chi connectivity index (χ3v) is 3.49. The largest absolute Gasteiger partial charge is 0.375 e. The first-order chi connectivity index (χ1) is 8.49. The number of anilines is 1. The highest BCUT2D eigenvalue weighted by Crippen LogP contribution is 2.26. The maximum atomic E-state index is 13.5. The molecule has 0 aliphatic heterocycles. The van der Waals surface area contributed by atoms with Crippen molar-refractivity contribution in [3.63, 3.8) is 0 Å². The van der Waals surface area contributed by atoms with Crippen molar-refractivity contribution < 1.29 is 4.39 Å². The van der Waals surface area contributed by atoms with Crippen molar-refractivity contribution >= 4 is 21.6 Å². The monoisotopic (exact) mass is 311 g/mol. The molecule has 1 unspecified atom stereocenters. The summed E-state index contributed by atoms with van der Waals surface area (Å²) in [6, 6.07) is 3.28. The summed E-state index contributed by atoms with van der Waals surface area (Å²) in [5.74, 6) is 0.646. The molecule has 1 heterocycles.